The Kier molecular flexibility index (Phi) is 7.42. The van der Waals surface area contributed by atoms with Gasteiger partial charge >= 0.3 is 0 Å². The highest BCUT2D eigenvalue weighted by Gasteiger charge is 2.21. The molecule has 0 aliphatic carbocycles. The lowest BCUT2D eigenvalue weighted by Gasteiger charge is -2.13. The molecule has 5 heteroatoms. The molecule has 56 heavy (non-hydrogen) atoms. The Labute approximate surface area is 322 Å². The van der Waals surface area contributed by atoms with Gasteiger partial charge in [-0.15, -0.1) is 0 Å². The Bertz CT molecular complexity index is 3240. The molecule has 4 heterocycles. The summed E-state index contributed by atoms with van der Waals surface area (Å²) in [6.07, 6.45) is 3.69. The fraction of sp³-hybridized carbons (Fsp3) is 0. The van der Waals surface area contributed by atoms with Crippen molar-refractivity contribution in [2.45, 2.75) is 0 Å². The van der Waals surface area contributed by atoms with Gasteiger partial charge < -0.3 is 8.83 Å². The number of hydrogen-bond donors (Lipinski definition) is 0. The number of aromatic nitrogens is 3. The molecule has 5 nitrogen and oxygen atoms in total. The van der Waals surface area contributed by atoms with Gasteiger partial charge in [0, 0.05) is 67.3 Å². The molecule has 0 spiro atoms. The first kappa shape index (κ1) is 31.9. The first-order valence-corrected chi connectivity index (χ1v) is 18.7. The fourth-order valence-corrected chi connectivity index (χ4v) is 7.99. The van der Waals surface area contributed by atoms with Gasteiger partial charge in [0.05, 0.1) is 11.4 Å². The molecule has 0 radical (unpaired) electrons. The largest absolute Gasteiger partial charge is 0.455 e. The highest BCUT2D eigenvalue weighted by atomic mass is 16.3. The van der Waals surface area contributed by atoms with Crippen molar-refractivity contribution in [2.75, 3.05) is 0 Å². The van der Waals surface area contributed by atoms with E-state index < -0.39 is 0 Å². The minimum absolute atomic E-state index is 0.671. The Morgan fingerprint density at radius 2 is 0.964 bits per heavy atom. The predicted octanol–water partition coefficient (Wildman–Crippen LogP) is 13.7. The van der Waals surface area contributed by atoms with E-state index in [0.29, 0.717) is 5.82 Å². The quantitative estimate of drug-likeness (QED) is 0.171. The van der Waals surface area contributed by atoms with Gasteiger partial charge in [-0.2, -0.15) is 0 Å². The second-order valence-corrected chi connectivity index (χ2v) is 13.9. The molecule has 0 bridgehead atoms. The predicted molar refractivity (Wildman–Crippen MR) is 227 cm³/mol. The molecule has 7 aromatic carbocycles. The fourth-order valence-electron chi connectivity index (χ4n) is 7.99. The zero-order valence-electron chi connectivity index (χ0n) is 30.1. The molecule has 0 aliphatic rings. The first-order valence-electron chi connectivity index (χ1n) is 18.7. The average molecular weight is 718 g/mol. The molecule has 0 saturated heterocycles. The SMILES string of the molecule is c1ccc(-c2nc(-c3ccc(-c4ccc(-c5cccc6c5oc5ccccc56)c5oc6ccccc6c45)cc3)cc(-c3ccccc3-c3cccnc3)n2)cc1. The van der Waals surface area contributed by atoms with Crippen LogP contribution in [0.15, 0.2) is 197 Å². The maximum atomic E-state index is 6.71. The number of nitrogens with zero attached hydrogens (tertiary/aromatic N) is 3. The van der Waals surface area contributed by atoms with Crippen molar-refractivity contribution in [1.29, 1.82) is 0 Å². The molecule has 4 aromatic heterocycles. The molecular weight excluding hydrogens is 687 g/mol. The summed E-state index contributed by atoms with van der Waals surface area (Å²) < 4.78 is 13.2. The number of furan rings is 2. The maximum absolute atomic E-state index is 6.71. The van der Waals surface area contributed by atoms with Gasteiger partial charge in [-0.1, -0.05) is 146 Å². The van der Waals surface area contributed by atoms with Crippen molar-refractivity contribution < 1.29 is 8.83 Å². The van der Waals surface area contributed by atoms with E-state index in [2.05, 4.69) is 132 Å². The molecule has 0 aliphatic heterocycles. The van der Waals surface area contributed by atoms with Crippen LogP contribution >= 0.6 is 0 Å². The third-order valence-electron chi connectivity index (χ3n) is 10.6. The topological polar surface area (TPSA) is 65.0 Å². The van der Waals surface area contributed by atoms with Gasteiger partial charge in [0.2, 0.25) is 0 Å². The second-order valence-electron chi connectivity index (χ2n) is 13.9. The van der Waals surface area contributed by atoms with Crippen molar-refractivity contribution >= 4 is 43.9 Å². The number of para-hydroxylation sites is 3. The van der Waals surface area contributed by atoms with Crippen molar-refractivity contribution in [2.24, 2.45) is 0 Å². The molecule has 11 rings (SSSR count). The summed E-state index contributed by atoms with van der Waals surface area (Å²) in [6.45, 7) is 0. The van der Waals surface area contributed by atoms with Crippen molar-refractivity contribution in [3.63, 3.8) is 0 Å². The maximum Gasteiger partial charge on any atom is 0.160 e. The van der Waals surface area contributed by atoms with Gasteiger partial charge in [0.1, 0.15) is 22.3 Å². The first-order chi connectivity index (χ1) is 27.8. The number of hydrogen-bond acceptors (Lipinski definition) is 5. The Balaban J connectivity index is 1.05. The number of benzene rings is 7. The monoisotopic (exact) mass is 717 g/mol. The van der Waals surface area contributed by atoms with Crippen molar-refractivity contribution in [3.8, 4) is 67.3 Å². The molecule has 262 valence electrons. The highest BCUT2D eigenvalue weighted by molar-refractivity contribution is 6.18. The van der Waals surface area contributed by atoms with Gasteiger partial charge in [0.15, 0.2) is 5.82 Å². The highest BCUT2D eigenvalue weighted by Crippen LogP contribution is 2.45. The summed E-state index contributed by atoms with van der Waals surface area (Å²) >= 11 is 0. The number of pyridine rings is 1. The van der Waals surface area contributed by atoms with Gasteiger partial charge in [-0.05, 0) is 47.0 Å². The van der Waals surface area contributed by atoms with E-state index in [1.807, 2.05) is 54.7 Å². The van der Waals surface area contributed by atoms with E-state index in [1.54, 1.807) is 6.20 Å². The molecular formula is C51H31N3O2. The summed E-state index contributed by atoms with van der Waals surface area (Å²) in [6, 6.07) is 60.5. The zero-order valence-corrected chi connectivity index (χ0v) is 30.1. The van der Waals surface area contributed by atoms with E-state index in [1.165, 1.54) is 0 Å². The molecule has 0 amide bonds. The standard InChI is InChI=1S/C51H31N3O2/c1-2-12-34(13-3-1)51-53-44(30-45(54-51)38-16-5-4-15-36(38)35-14-11-29-52-31-35)33-25-23-32(24-26-33)37-27-28-42(50-48(37)43-18-7-9-22-47(43)56-50)41-20-10-19-40-39-17-6-8-21-46(39)55-49(40)41/h1-31H. The lowest BCUT2D eigenvalue weighted by molar-refractivity contribution is 0.665. The van der Waals surface area contributed by atoms with Crippen LogP contribution in [0.4, 0.5) is 0 Å². The summed E-state index contributed by atoms with van der Waals surface area (Å²) in [5.74, 6) is 0.671. The van der Waals surface area contributed by atoms with E-state index >= 15 is 0 Å². The normalized spacial score (nSPS) is 11.6. The van der Waals surface area contributed by atoms with Crippen LogP contribution in [0.1, 0.15) is 0 Å². The summed E-state index contributed by atoms with van der Waals surface area (Å²) in [4.78, 5) is 14.6. The molecule has 0 atom stereocenters. The van der Waals surface area contributed by atoms with E-state index in [0.717, 1.165) is 105 Å². The van der Waals surface area contributed by atoms with Gasteiger partial charge in [-0.25, -0.2) is 9.97 Å². The number of fused-ring (bicyclic) bond motifs is 6. The summed E-state index contributed by atoms with van der Waals surface area (Å²) in [5, 5.41) is 4.33. The third kappa shape index (κ3) is 5.29. The van der Waals surface area contributed by atoms with Gasteiger partial charge in [-0.3, -0.25) is 4.98 Å². The van der Waals surface area contributed by atoms with Crippen molar-refractivity contribution in [1.82, 2.24) is 15.0 Å². The van der Waals surface area contributed by atoms with Crippen LogP contribution in [0.3, 0.4) is 0 Å². The van der Waals surface area contributed by atoms with Crippen LogP contribution in [0.2, 0.25) is 0 Å². The van der Waals surface area contributed by atoms with Crippen LogP contribution in [-0.2, 0) is 0 Å². The molecule has 11 aromatic rings. The Hall–Kier alpha value is -7.63. The smallest absolute Gasteiger partial charge is 0.160 e. The average Bonchev–Trinajstić information content (AvgIpc) is 3.86. The Morgan fingerprint density at radius 1 is 0.357 bits per heavy atom. The van der Waals surface area contributed by atoms with E-state index in [-0.39, 0.29) is 0 Å². The molecule has 0 N–H and O–H groups in total. The lowest BCUT2D eigenvalue weighted by atomic mass is 9.93. The van der Waals surface area contributed by atoms with E-state index in [9.17, 15) is 0 Å². The molecule has 0 fully saturated rings. The van der Waals surface area contributed by atoms with Crippen LogP contribution in [0.5, 0.6) is 0 Å². The number of rotatable bonds is 6. The van der Waals surface area contributed by atoms with Crippen LogP contribution in [-0.4, -0.2) is 15.0 Å². The molecule has 0 unspecified atom stereocenters. The lowest BCUT2D eigenvalue weighted by Crippen LogP contribution is -1.97. The minimum atomic E-state index is 0.671. The third-order valence-corrected chi connectivity index (χ3v) is 10.6. The van der Waals surface area contributed by atoms with Crippen LogP contribution in [0, 0.1) is 0 Å². The molecule has 0 saturated carbocycles. The zero-order chi connectivity index (χ0) is 37.0. The Morgan fingerprint density at radius 3 is 1.79 bits per heavy atom. The van der Waals surface area contributed by atoms with Crippen LogP contribution in [0.25, 0.3) is 111 Å². The van der Waals surface area contributed by atoms with Crippen molar-refractivity contribution in [3.05, 3.63) is 188 Å². The summed E-state index contributed by atoms with van der Waals surface area (Å²) in [5.41, 5.74) is 14.3. The van der Waals surface area contributed by atoms with Gasteiger partial charge in [0.25, 0.3) is 0 Å². The van der Waals surface area contributed by atoms with Crippen LogP contribution < -0.4 is 0 Å². The minimum Gasteiger partial charge on any atom is -0.455 e. The van der Waals surface area contributed by atoms with E-state index in [4.69, 9.17) is 18.8 Å². The summed E-state index contributed by atoms with van der Waals surface area (Å²) in [7, 11) is 0. The second kappa shape index (κ2) is 13.0.